The molecule has 0 bridgehead atoms. The van der Waals surface area contributed by atoms with Gasteiger partial charge in [0.1, 0.15) is 5.75 Å². The van der Waals surface area contributed by atoms with Gasteiger partial charge in [0, 0.05) is 34.8 Å². The number of aryl methyl sites for hydroxylation is 4. The maximum Gasteiger partial charge on any atom is 0.226 e. The molecule has 1 aromatic carbocycles. The lowest BCUT2D eigenvalue weighted by atomic mass is 10.1. The van der Waals surface area contributed by atoms with Gasteiger partial charge in [0.25, 0.3) is 0 Å². The van der Waals surface area contributed by atoms with Gasteiger partial charge in [-0.05, 0) is 63.9 Å². The van der Waals surface area contributed by atoms with E-state index >= 15 is 0 Å². The summed E-state index contributed by atoms with van der Waals surface area (Å²) in [4.78, 5) is 26.7. The molecule has 0 unspecified atom stereocenters. The molecule has 8 heteroatoms. The number of nitrogens with zero attached hydrogens (tertiary/aromatic N) is 3. The van der Waals surface area contributed by atoms with E-state index in [4.69, 9.17) is 4.74 Å². The Bertz CT molecular complexity index is 1030. The lowest BCUT2D eigenvalue weighted by Crippen LogP contribution is -2.14. The van der Waals surface area contributed by atoms with Gasteiger partial charge in [-0.15, -0.1) is 11.3 Å². The topological polar surface area (TPSA) is 89.0 Å². The second kappa shape index (κ2) is 9.67. The molecule has 0 aliphatic heterocycles. The average molecular weight is 426 g/mol. The molecule has 158 valence electrons. The van der Waals surface area contributed by atoms with Crippen molar-refractivity contribution in [2.45, 2.75) is 40.5 Å². The van der Waals surface area contributed by atoms with Crippen molar-refractivity contribution in [2.24, 2.45) is 0 Å². The Kier molecular flexibility index (Phi) is 6.99. The lowest BCUT2D eigenvalue weighted by Gasteiger charge is -2.07. The fraction of sp³-hybridized carbons (Fsp3) is 0.364. The highest BCUT2D eigenvalue weighted by atomic mass is 32.1. The van der Waals surface area contributed by atoms with Crippen LogP contribution < -0.4 is 15.4 Å². The Hall–Kier alpha value is -3.00. The Balaban J connectivity index is 1.53. The molecular weight excluding hydrogens is 398 g/mol. The third kappa shape index (κ3) is 5.54. The fourth-order valence-electron chi connectivity index (χ4n) is 3.18. The minimum absolute atomic E-state index is 0.0515. The normalized spacial score (nSPS) is 10.7. The van der Waals surface area contributed by atoms with E-state index < -0.39 is 0 Å². The van der Waals surface area contributed by atoms with Gasteiger partial charge < -0.3 is 15.4 Å². The number of carbonyl (C=O) groups excluding carboxylic acids is 1. The molecule has 0 spiro atoms. The SMILES string of the molecule is COc1ccc(-c2nc(NC(=O)CCCNc3nc(C)cc(C)n3)sc2C)cc1C. The summed E-state index contributed by atoms with van der Waals surface area (Å²) in [6.45, 7) is 8.51. The van der Waals surface area contributed by atoms with Crippen LogP contribution >= 0.6 is 11.3 Å². The van der Waals surface area contributed by atoms with Crippen LogP contribution in [0.2, 0.25) is 0 Å². The summed E-state index contributed by atoms with van der Waals surface area (Å²) in [5, 5.41) is 6.70. The van der Waals surface area contributed by atoms with Crippen molar-refractivity contribution < 1.29 is 9.53 Å². The predicted octanol–water partition coefficient (Wildman–Crippen LogP) is 4.67. The molecule has 2 aromatic heterocycles. The maximum atomic E-state index is 12.3. The second-order valence-electron chi connectivity index (χ2n) is 7.16. The highest BCUT2D eigenvalue weighted by Gasteiger charge is 2.13. The van der Waals surface area contributed by atoms with E-state index in [0.717, 1.165) is 38.8 Å². The fourth-order valence-corrected chi connectivity index (χ4v) is 4.03. The van der Waals surface area contributed by atoms with E-state index in [1.807, 2.05) is 52.0 Å². The molecule has 0 aliphatic rings. The zero-order valence-electron chi connectivity index (χ0n) is 18.0. The minimum atomic E-state index is -0.0515. The number of benzene rings is 1. The number of aromatic nitrogens is 3. The third-order valence-corrected chi connectivity index (χ3v) is 5.44. The smallest absolute Gasteiger partial charge is 0.226 e. The van der Waals surface area contributed by atoms with Crippen LogP contribution in [0, 0.1) is 27.7 Å². The van der Waals surface area contributed by atoms with E-state index in [1.54, 1.807) is 7.11 Å². The number of rotatable bonds is 8. The van der Waals surface area contributed by atoms with Crippen molar-refractivity contribution >= 4 is 28.3 Å². The summed E-state index contributed by atoms with van der Waals surface area (Å²) in [6.07, 6.45) is 1.07. The van der Waals surface area contributed by atoms with Gasteiger partial charge in [0.15, 0.2) is 5.13 Å². The summed E-state index contributed by atoms with van der Waals surface area (Å²) >= 11 is 1.48. The summed E-state index contributed by atoms with van der Waals surface area (Å²) in [6, 6.07) is 7.90. The van der Waals surface area contributed by atoms with Crippen LogP contribution in [0.3, 0.4) is 0 Å². The Morgan fingerprint density at radius 2 is 1.80 bits per heavy atom. The first kappa shape index (κ1) is 21.7. The zero-order valence-corrected chi connectivity index (χ0v) is 18.8. The van der Waals surface area contributed by atoms with Crippen molar-refractivity contribution in [1.82, 2.24) is 15.0 Å². The van der Waals surface area contributed by atoms with Gasteiger partial charge >= 0.3 is 0 Å². The van der Waals surface area contributed by atoms with Crippen molar-refractivity contribution in [3.8, 4) is 17.0 Å². The summed E-state index contributed by atoms with van der Waals surface area (Å²) in [5.41, 5.74) is 4.79. The van der Waals surface area contributed by atoms with Gasteiger partial charge in [-0.25, -0.2) is 15.0 Å². The van der Waals surface area contributed by atoms with Gasteiger partial charge in [0.2, 0.25) is 11.9 Å². The van der Waals surface area contributed by atoms with E-state index in [2.05, 4.69) is 25.6 Å². The van der Waals surface area contributed by atoms with Crippen LogP contribution in [0.4, 0.5) is 11.1 Å². The first-order valence-corrected chi connectivity index (χ1v) is 10.7. The maximum absolute atomic E-state index is 12.3. The number of anilines is 2. The molecule has 30 heavy (non-hydrogen) atoms. The van der Waals surface area contributed by atoms with Crippen LogP contribution in [0.5, 0.6) is 5.75 Å². The van der Waals surface area contributed by atoms with Crippen molar-refractivity contribution in [3.63, 3.8) is 0 Å². The van der Waals surface area contributed by atoms with Crippen LogP contribution in [-0.2, 0) is 4.79 Å². The van der Waals surface area contributed by atoms with E-state index in [1.165, 1.54) is 11.3 Å². The van der Waals surface area contributed by atoms with Gasteiger partial charge in [-0.3, -0.25) is 4.79 Å². The van der Waals surface area contributed by atoms with Crippen LogP contribution in [0.25, 0.3) is 11.3 Å². The molecule has 1 amide bonds. The molecule has 0 saturated heterocycles. The monoisotopic (exact) mass is 425 g/mol. The van der Waals surface area contributed by atoms with Crippen molar-refractivity contribution in [3.05, 3.63) is 46.1 Å². The van der Waals surface area contributed by atoms with Crippen molar-refractivity contribution in [2.75, 3.05) is 24.3 Å². The highest BCUT2D eigenvalue weighted by Crippen LogP contribution is 2.32. The number of carbonyl (C=O) groups is 1. The summed E-state index contributed by atoms with van der Waals surface area (Å²) in [7, 11) is 1.66. The highest BCUT2D eigenvalue weighted by molar-refractivity contribution is 7.16. The molecule has 3 aromatic rings. The molecular formula is C22H27N5O2S. The number of thiazole rings is 1. The van der Waals surface area contributed by atoms with E-state index in [0.29, 0.717) is 30.5 Å². The van der Waals surface area contributed by atoms with Crippen molar-refractivity contribution in [1.29, 1.82) is 0 Å². The molecule has 2 N–H and O–H groups in total. The first-order valence-electron chi connectivity index (χ1n) is 9.84. The van der Waals surface area contributed by atoms with Gasteiger partial charge in [-0.2, -0.15) is 0 Å². The molecule has 3 rings (SSSR count). The quantitative estimate of drug-likeness (QED) is 0.510. The summed E-state index contributed by atoms with van der Waals surface area (Å²) < 4.78 is 5.32. The second-order valence-corrected chi connectivity index (χ2v) is 8.36. The Morgan fingerprint density at radius 1 is 1.07 bits per heavy atom. The van der Waals surface area contributed by atoms with Crippen LogP contribution in [0.15, 0.2) is 24.3 Å². The molecule has 2 heterocycles. The Labute approximate surface area is 181 Å². The molecule has 0 atom stereocenters. The molecule has 0 fully saturated rings. The van der Waals surface area contributed by atoms with E-state index in [-0.39, 0.29) is 5.91 Å². The van der Waals surface area contributed by atoms with Gasteiger partial charge in [-0.1, -0.05) is 0 Å². The van der Waals surface area contributed by atoms with Crippen LogP contribution in [-0.4, -0.2) is 34.5 Å². The number of nitrogens with one attached hydrogen (secondary N) is 2. The molecule has 0 saturated carbocycles. The number of hydrogen-bond acceptors (Lipinski definition) is 7. The number of ether oxygens (including phenoxy) is 1. The molecule has 7 nitrogen and oxygen atoms in total. The first-order chi connectivity index (χ1) is 14.4. The Morgan fingerprint density at radius 3 is 2.47 bits per heavy atom. The lowest BCUT2D eigenvalue weighted by molar-refractivity contribution is -0.116. The number of methoxy groups -OCH3 is 1. The molecule has 0 radical (unpaired) electrons. The third-order valence-electron chi connectivity index (χ3n) is 4.56. The minimum Gasteiger partial charge on any atom is -0.496 e. The average Bonchev–Trinajstić information content (AvgIpc) is 3.04. The summed E-state index contributed by atoms with van der Waals surface area (Å²) in [5.74, 6) is 1.40. The standard InChI is InChI=1S/C22H27N5O2S/c1-13-11-17(8-9-18(13)29-5)20-16(4)30-22(27-20)26-19(28)7-6-10-23-21-24-14(2)12-15(3)25-21/h8-9,11-12H,6-7,10H2,1-5H3,(H,23,24,25)(H,26,27,28). The molecule has 0 aliphatic carbocycles. The largest absolute Gasteiger partial charge is 0.496 e. The zero-order chi connectivity index (χ0) is 21.7. The predicted molar refractivity (Wildman–Crippen MR) is 121 cm³/mol. The number of amides is 1. The van der Waals surface area contributed by atoms with Crippen LogP contribution in [0.1, 0.15) is 34.7 Å². The number of hydrogen-bond donors (Lipinski definition) is 2. The van der Waals surface area contributed by atoms with Gasteiger partial charge in [0.05, 0.1) is 12.8 Å². The van der Waals surface area contributed by atoms with E-state index in [9.17, 15) is 4.79 Å².